The predicted octanol–water partition coefficient (Wildman–Crippen LogP) is 1.87. The molecule has 4 rings (SSSR count). The lowest BCUT2D eigenvalue weighted by Crippen LogP contribution is -2.40. The zero-order valence-electron chi connectivity index (χ0n) is 17.0. The van der Waals surface area contributed by atoms with Crippen LogP contribution in [0, 0.1) is 0 Å². The van der Waals surface area contributed by atoms with E-state index in [-0.39, 0.29) is 5.91 Å². The summed E-state index contributed by atoms with van der Waals surface area (Å²) in [7, 11) is 1.88. The number of carbonyl (C=O) groups excluding carboxylic acids is 1. The maximum atomic E-state index is 12.7. The molecule has 1 N–H and O–H groups in total. The topological polar surface area (TPSA) is 91.6 Å². The number of pyridine rings is 1. The molecule has 2 atom stereocenters. The van der Waals surface area contributed by atoms with Gasteiger partial charge in [0, 0.05) is 57.4 Å². The maximum Gasteiger partial charge on any atom is 0.490 e. The highest BCUT2D eigenvalue weighted by Crippen LogP contribution is 2.32. The molecule has 31 heavy (non-hydrogen) atoms. The van der Waals surface area contributed by atoms with Crippen molar-refractivity contribution in [3.8, 4) is 0 Å². The third-order valence-electron chi connectivity index (χ3n) is 5.46. The maximum absolute atomic E-state index is 12.7. The molecule has 4 heterocycles. The number of nitrogens with zero attached hydrogens (tertiary/aromatic N) is 5. The molecule has 0 aromatic carbocycles. The Morgan fingerprint density at radius 3 is 2.48 bits per heavy atom. The average Bonchev–Trinajstić information content (AvgIpc) is 3.40. The van der Waals surface area contributed by atoms with E-state index in [2.05, 4.69) is 25.9 Å². The number of aromatic nitrogens is 3. The fraction of sp³-hybridized carbons (Fsp3) is 0.500. The van der Waals surface area contributed by atoms with Crippen molar-refractivity contribution in [2.75, 3.05) is 13.1 Å². The van der Waals surface area contributed by atoms with Crippen LogP contribution in [0.15, 0.2) is 36.8 Å². The van der Waals surface area contributed by atoms with Crippen LogP contribution in [-0.4, -0.2) is 72.9 Å². The van der Waals surface area contributed by atoms with Gasteiger partial charge < -0.3 is 10.0 Å². The second-order valence-corrected chi connectivity index (χ2v) is 7.59. The van der Waals surface area contributed by atoms with Crippen molar-refractivity contribution in [1.29, 1.82) is 0 Å². The number of hydrogen-bond donors (Lipinski definition) is 1. The van der Waals surface area contributed by atoms with Crippen LogP contribution < -0.4 is 0 Å². The number of amides is 1. The summed E-state index contributed by atoms with van der Waals surface area (Å²) in [6.07, 6.45) is 3.10. The first-order valence-electron chi connectivity index (χ1n) is 9.86. The van der Waals surface area contributed by atoms with Crippen LogP contribution in [0.2, 0.25) is 0 Å². The summed E-state index contributed by atoms with van der Waals surface area (Å²) in [5.74, 6) is -2.54. The third-order valence-corrected chi connectivity index (χ3v) is 5.46. The second-order valence-electron chi connectivity index (χ2n) is 7.59. The zero-order chi connectivity index (χ0) is 22.6. The van der Waals surface area contributed by atoms with E-state index in [0.717, 1.165) is 38.2 Å². The molecule has 0 radical (unpaired) electrons. The first-order chi connectivity index (χ1) is 14.6. The minimum Gasteiger partial charge on any atom is -0.475 e. The monoisotopic (exact) mass is 439 g/mol. The summed E-state index contributed by atoms with van der Waals surface area (Å²) in [4.78, 5) is 30.4. The van der Waals surface area contributed by atoms with Crippen LogP contribution in [0.25, 0.3) is 0 Å². The van der Waals surface area contributed by atoms with E-state index in [1.54, 1.807) is 4.68 Å². The molecule has 0 saturated carbocycles. The Morgan fingerprint density at radius 2 is 1.90 bits per heavy atom. The molecule has 168 valence electrons. The van der Waals surface area contributed by atoms with Crippen molar-refractivity contribution in [3.63, 3.8) is 0 Å². The van der Waals surface area contributed by atoms with Gasteiger partial charge in [-0.25, -0.2) is 4.79 Å². The predicted molar refractivity (Wildman–Crippen MR) is 104 cm³/mol. The molecule has 2 aliphatic heterocycles. The lowest BCUT2D eigenvalue weighted by atomic mass is 10.1. The van der Waals surface area contributed by atoms with Gasteiger partial charge >= 0.3 is 12.1 Å². The smallest absolute Gasteiger partial charge is 0.475 e. The molecule has 2 fully saturated rings. The van der Waals surface area contributed by atoms with E-state index in [1.165, 1.54) is 5.56 Å². The SMILES string of the molecule is Cn1ccc(CC(=O)N2CC[C@H]3[C@H]2CCN3Cc2cccnc2)n1.O=C(O)C(F)(F)F. The number of likely N-dealkylation sites (tertiary alicyclic amines) is 2. The lowest BCUT2D eigenvalue weighted by Gasteiger charge is -2.25. The number of carboxylic acid groups (broad SMARTS) is 1. The van der Waals surface area contributed by atoms with Crippen LogP contribution in [0.5, 0.6) is 0 Å². The van der Waals surface area contributed by atoms with Crippen molar-refractivity contribution in [3.05, 3.63) is 48.0 Å². The van der Waals surface area contributed by atoms with Gasteiger partial charge in [-0.15, -0.1) is 0 Å². The van der Waals surface area contributed by atoms with Crippen molar-refractivity contribution in [2.24, 2.45) is 7.05 Å². The summed E-state index contributed by atoms with van der Waals surface area (Å²) in [5.41, 5.74) is 2.10. The molecular formula is C20H24F3N5O3. The number of aryl methyl sites for hydroxylation is 1. The average molecular weight is 439 g/mol. The highest BCUT2D eigenvalue weighted by Gasteiger charge is 2.44. The number of aliphatic carboxylic acids is 1. The number of halogens is 3. The molecule has 2 saturated heterocycles. The van der Waals surface area contributed by atoms with E-state index < -0.39 is 12.1 Å². The molecule has 8 nitrogen and oxygen atoms in total. The first kappa shape index (κ1) is 22.7. The molecule has 0 spiro atoms. The van der Waals surface area contributed by atoms with Gasteiger partial charge in [-0.1, -0.05) is 6.07 Å². The standard InChI is InChI=1S/C18H23N5O.C2HF3O2/c1-21-8-4-15(20-21)11-18(24)23-10-6-16-17(23)5-9-22(16)13-14-3-2-7-19-12-14;3-2(4,5)1(6)7/h2-4,7-8,12,16-17H,5-6,9-11,13H2,1H3;(H,6,7)/t16-,17+;/m0./s1. The summed E-state index contributed by atoms with van der Waals surface area (Å²) in [5, 5.41) is 11.5. The molecule has 0 unspecified atom stereocenters. The number of hydrogen-bond acceptors (Lipinski definition) is 5. The van der Waals surface area contributed by atoms with Gasteiger partial charge in [0.05, 0.1) is 12.1 Å². The normalized spacial score (nSPS) is 20.8. The highest BCUT2D eigenvalue weighted by atomic mass is 19.4. The van der Waals surface area contributed by atoms with Gasteiger partial charge in [0.2, 0.25) is 5.91 Å². The van der Waals surface area contributed by atoms with Crippen LogP contribution >= 0.6 is 0 Å². The fourth-order valence-corrected chi connectivity index (χ4v) is 4.12. The van der Waals surface area contributed by atoms with Crippen LogP contribution in [-0.2, 0) is 29.6 Å². The van der Waals surface area contributed by atoms with E-state index in [0.29, 0.717) is 18.5 Å². The van der Waals surface area contributed by atoms with Crippen LogP contribution in [0.4, 0.5) is 13.2 Å². The summed E-state index contributed by atoms with van der Waals surface area (Å²) >= 11 is 0. The van der Waals surface area contributed by atoms with Gasteiger partial charge in [0.25, 0.3) is 0 Å². The Morgan fingerprint density at radius 1 is 1.19 bits per heavy atom. The van der Waals surface area contributed by atoms with Gasteiger partial charge in [-0.2, -0.15) is 18.3 Å². The Labute approximate surface area is 177 Å². The summed E-state index contributed by atoms with van der Waals surface area (Å²) in [6.45, 7) is 2.85. The molecule has 11 heteroatoms. The molecule has 2 aromatic heterocycles. The van der Waals surface area contributed by atoms with E-state index in [9.17, 15) is 18.0 Å². The largest absolute Gasteiger partial charge is 0.490 e. The quantitative estimate of drug-likeness (QED) is 0.782. The molecule has 0 aliphatic carbocycles. The van der Waals surface area contributed by atoms with E-state index in [1.807, 2.05) is 37.8 Å². The highest BCUT2D eigenvalue weighted by molar-refractivity contribution is 5.79. The van der Waals surface area contributed by atoms with Crippen LogP contribution in [0.3, 0.4) is 0 Å². The summed E-state index contributed by atoms with van der Waals surface area (Å²) in [6, 6.07) is 6.88. The number of carbonyl (C=O) groups is 2. The molecule has 1 amide bonds. The van der Waals surface area contributed by atoms with Gasteiger partial charge in [-0.05, 0) is 30.5 Å². The minimum absolute atomic E-state index is 0.212. The number of alkyl halides is 3. The van der Waals surface area contributed by atoms with Gasteiger partial charge in [0.1, 0.15) is 0 Å². The molecule has 2 aliphatic rings. The first-order valence-corrected chi connectivity index (χ1v) is 9.86. The van der Waals surface area contributed by atoms with E-state index >= 15 is 0 Å². The molecular weight excluding hydrogens is 415 g/mol. The third kappa shape index (κ3) is 5.81. The van der Waals surface area contributed by atoms with Crippen molar-refractivity contribution in [1.82, 2.24) is 24.6 Å². The minimum atomic E-state index is -5.08. The Hall–Kier alpha value is -2.95. The second kappa shape index (κ2) is 9.46. The Kier molecular flexibility index (Phi) is 6.94. The van der Waals surface area contributed by atoms with Crippen molar-refractivity contribution >= 4 is 11.9 Å². The molecule has 0 bridgehead atoms. The zero-order valence-corrected chi connectivity index (χ0v) is 17.0. The van der Waals surface area contributed by atoms with Gasteiger partial charge in [0.15, 0.2) is 0 Å². The van der Waals surface area contributed by atoms with Gasteiger partial charge in [-0.3, -0.25) is 19.4 Å². The molecule has 2 aromatic rings. The van der Waals surface area contributed by atoms with Crippen molar-refractivity contribution in [2.45, 2.75) is 44.1 Å². The van der Waals surface area contributed by atoms with Crippen LogP contribution in [0.1, 0.15) is 24.1 Å². The summed E-state index contributed by atoms with van der Waals surface area (Å²) < 4.78 is 33.5. The lowest BCUT2D eigenvalue weighted by molar-refractivity contribution is -0.192. The number of fused-ring (bicyclic) bond motifs is 1. The number of rotatable bonds is 4. The Bertz CT molecular complexity index is 903. The fourth-order valence-electron chi connectivity index (χ4n) is 4.12. The van der Waals surface area contributed by atoms with E-state index in [4.69, 9.17) is 9.90 Å². The Balaban J connectivity index is 0.000000339. The van der Waals surface area contributed by atoms with Crippen molar-refractivity contribution < 1.29 is 27.9 Å². The number of carboxylic acids is 1.